The molecular formula is C20H22ClNO5. The Morgan fingerprint density at radius 1 is 1.26 bits per heavy atom. The Labute approximate surface area is 161 Å². The van der Waals surface area contributed by atoms with Gasteiger partial charge in [-0.2, -0.15) is 0 Å². The zero-order chi connectivity index (χ0) is 19.6. The molecule has 1 heterocycles. The highest BCUT2D eigenvalue weighted by molar-refractivity contribution is 6.31. The van der Waals surface area contributed by atoms with E-state index in [9.17, 15) is 14.4 Å². The van der Waals surface area contributed by atoms with Gasteiger partial charge in [0, 0.05) is 17.1 Å². The molecule has 1 N–H and O–H groups in total. The summed E-state index contributed by atoms with van der Waals surface area (Å²) < 4.78 is 10.4. The lowest BCUT2D eigenvalue weighted by Gasteiger charge is -2.34. The Morgan fingerprint density at radius 2 is 2.04 bits per heavy atom. The molecule has 0 aliphatic heterocycles. The fourth-order valence-electron chi connectivity index (χ4n) is 3.47. The first-order valence-electron chi connectivity index (χ1n) is 9.05. The van der Waals surface area contributed by atoms with Crippen LogP contribution in [0.4, 0.5) is 0 Å². The molecule has 1 aliphatic rings. The Balaban J connectivity index is 1.62. The fourth-order valence-corrected chi connectivity index (χ4v) is 3.64. The standard InChI is InChI=1S/C20H22ClNO5/c1-11-4-3-5-15(12(11)2)22-19(24)10-26-20(25)18-9-16(23)14-8-13(21)6-7-17(14)27-18/h6-9,11-12,15H,3-5,10H2,1-2H3,(H,22,24)/t11-,12-,15+/m1/s1. The Hall–Kier alpha value is -2.34. The molecular weight excluding hydrogens is 370 g/mol. The third kappa shape index (κ3) is 4.50. The maximum absolute atomic E-state index is 12.2. The summed E-state index contributed by atoms with van der Waals surface area (Å²) in [6, 6.07) is 5.67. The van der Waals surface area contributed by atoms with Crippen molar-refractivity contribution in [3.8, 4) is 0 Å². The molecule has 3 atom stereocenters. The van der Waals surface area contributed by atoms with Gasteiger partial charge in [0.25, 0.3) is 5.91 Å². The van der Waals surface area contributed by atoms with Gasteiger partial charge in [-0.25, -0.2) is 4.79 Å². The van der Waals surface area contributed by atoms with Crippen molar-refractivity contribution in [1.29, 1.82) is 0 Å². The summed E-state index contributed by atoms with van der Waals surface area (Å²) in [6.07, 6.45) is 3.16. The molecule has 1 aromatic heterocycles. The minimum absolute atomic E-state index is 0.0864. The molecule has 0 unspecified atom stereocenters. The molecule has 7 heteroatoms. The van der Waals surface area contributed by atoms with Crippen LogP contribution in [0.1, 0.15) is 43.7 Å². The van der Waals surface area contributed by atoms with Crippen molar-refractivity contribution in [2.45, 2.75) is 39.2 Å². The molecule has 0 radical (unpaired) electrons. The number of benzene rings is 1. The van der Waals surface area contributed by atoms with Gasteiger partial charge in [0.05, 0.1) is 5.39 Å². The summed E-state index contributed by atoms with van der Waals surface area (Å²) in [6.45, 7) is 3.88. The topological polar surface area (TPSA) is 85.6 Å². The highest BCUT2D eigenvalue weighted by Gasteiger charge is 2.28. The zero-order valence-corrected chi connectivity index (χ0v) is 16.0. The van der Waals surface area contributed by atoms with E-state index < -0.39 is 18.0 Å². The van der Waals surface area contributed by atoms with Crippen LogP contribution in [0.15, 0.2) is 33.5 Å². The number of fused-ring (bicyclic) bond motifs is 1. The quantitative estimate of drug-likeness (QED) is 0.805. The number of halogens is 1. The van der Waals surface area contributed by atoms with Crippen LogP contribution in [0.5, 0.6) is 0 Å². The summed E-state index contributed by atoms with van der Waals surface area (Å²) >= 11 is 5.86. The molecule has 0 bridgehead atoms. The monoisotopic (exact) mass is 391 g/mol. The van der Waals surface area contributed by atoms with Crippen LogP contribution < -0.4 is 10.7 Å². The molecule has 1 aromatic carbocycles. The predicted octanol–water partition coefficient (Wildman–Crippen LogP) is 3.54. The lowest BCUT2D eigenvalue weighted by molar-refractivity contribution is -0.125. The predicted molar refractivity (Wildman–Crippen MR) is 102 cm³/mol. The SMILES string of the molecule is C[C@@H]1[C@H](C)CCC[C@@H]1NC(=O)COC(=O)c1cc(=O)c2cc(Cl)ccc2o1. The number of hydrogen-bond donors (Lipinski definition) is 1. The maximum atomic E-state index is 12.2. The number of ether oxygens (including phenoxy) is 1. The van der Waals surface area contributed by atoms with Crippen molar-refractivity contribution >= 4 is 34.4 Å². The maximum Gasteiger partial charge on any atom is 0.374 e. The first kappa shape index (κ1) is 19.4. The smallest absolute Gasteiger partial charge is 0.374 e. The van der Waals surface area contributed by atoms with Gasteiger partial charge in [-0.15, -0.1) is 0 Å². The molecule has 2 aromatic rings. The van der Waals surface area contributed by atoms with Gasteiger partial charge >= 0.3 is 5.97 Å². The van der Waals surface area contributed by atoms with E-state index >= 15 is 0 Å². The first-order valence-corrected chi connectivity index (χ1v) is 9.43. The van der Waals surface area contributed by atoms with Gasteiger partial charge < -0.3 is 14.5 Å². The molecule has 1 saturated carbocycles. The van der Waals surface area contributed by atoms with Crippen molar-refractivity contribution in [2.24, 2.45) is 11.8 Å². The van der Waals surface area contributed by atoms with E-state index in [2.05, 4.69) is 19.2 Å². The van der Waals surface area contributed by atoms with Gasteiger partial charge in [0.1, 0.15) is 5.58 Å². The molecule has 1 aliphatic carbocycles. The van der Waals surface area contributed by atoms with Crippen molar-refractivity contribution in [2.75, 3.05) is 6.61 Å². The lowest BCUT2D eigenvalue weighted by atomic mass is 9.78. The van der Waals surface area contributed by atoms with E-state index in [1.54, 1.807) is 6.07 Å². The summed E-state index contributed by atoms with van der Waals surface area (Å²) in [5, 5.41) is 3.60. The number of carbonyl (C=O) groups is 2. The van der Waals surface area contributed by atoms with Crippen LogP contribution in [0, 0.1) is 11.8 Å². The second-order valence-electron chi connectivity index (χ2n) is 7.13. The van der Waals surface area contributed by atoms with Gasteiger partial charge in [-0.05, 0) is 36.5 Å². The molecule has 1 amide bonds. The van der Waals surface area contributed by atoms with E-state index in [1.165, 1.54) is 12.1 Å². The Bertz CT molecular complexity index is 922. The fraction of sp³-hybridized carbons (Fsp3) is 0.450. The average molecular weight is 392 g/mol. The molecule has 0 spiro atoms. The van der Waals surface area contributed by atoms with E-state index in [-0.39, 0.29) is 28.7 Å². The lowest BCUT2D eigenvalue weighted by Crippen LogP contribution is -2.45. The van der Waals surface area contributed by atoms with Gasteiger partial charge in [0.2, 0.25) is 5.76 Å². The van der Waals surface area contributed by atoms with Gasteiger partial charge in [-0.1, -0.05) is 38.3 Å². The second-order valence-corrected chi connectivity index (χ2v) is 7.57. The Morgan fingerprint density at radius 3 is 2.81 bits per heavy atom. The highest BCUT2D eigenvalue weighted by Crippen LogP contribution is 2.29. The third-order valence-corrected chi connectivity index (χ3v) is 5.51. The summed E-state index contributed by atoms with van der Waals surface area (Å²) in [7, 11) is 0. The summed E-state index contributed by atoms with van der Waals surface area (Å²) in [5.74, 6) is -0.536. The number of hydrogen-bond acceptors (Lipinski definition) is 5. The number of nitrogens with one attached hydrogen (secondary N) is 1. The third-order valence-electron chi connectivity index (χ3n) is 5.28. The highest BCUT2D eigenvalue weighted by atomic mass is 35.5. The second kappa shape index (κ2) is 8.13. The number of carbonyl (C=O) groups excluding carboxylic acids is 2. The van der Waals surface area contributed by atoms with Gasteiger partial charge in [-0.3, -0.25) is 9.59 Å². The molecule has 0 saturated heterocycles. The van der Waals surface area contributed by atoms with Gasteiger partial charge in [0.15, 0.2) is 12.0 Å². The van der Waals surface area contributed by atoms with Crippen molar-refractivity contribution in [3.63, 3.8) is 0 Å². The zero-order valence-electron chi connectivity index (χ0n) is 15.3. The van der Waals surface area contributed by atoms with Crippen LogP contribution >= 0.6 is 11.6 Å². The van der Waals surface area contributed by atoms with E-state index in [0.717, 1.165) is 25.3 Å². The van der Waals surface area contributed by atoms with E-state index in [1.807, 2.05) is 0 Å². The van der Waals surface area contributed by atoms with Crippen LogP contribution in [0.2, 0.25) is 5.02 Å². The van der Waals surface area contributed by atoms with Crippen molar-refractivity contribution < 1.29 is 18.7 Å². The molecule has 27 heavy (non-hydrogen) atoms. The number of rotatable bonds is 4. The Kier molecular flexibility index (Phi) is 5.85. The molecule has 3 rings (SSSR count). The minimum Gasteiger partial charge on any atom is -0.450 e. The van der Waals surface area contributed by atoms with Crippen molar-refractivity contribution in [3.05, 3.63) is 45.3 Å². The molecule has 6 nitrogen and oxygen atoms in total. The minimum atomic E-state index is -0.857. The van der Waals surface area contributed by atoms with Crippen LogP contribution in [0.25, 0.3) is 11.0 Å². The number of amides is 1. The van der Waals surface area contributed by atoms with Crippen LogP contribution in [0.3, 0.4) is 0 Å². The molecule has 1 fully saturated rings. The van der Waals surface area contributed by atoms with E-state index in [4.69, 9.17) is 20.8 Å². The van der Waals surface area contributed by atoms with Crippen LogP contribution in [-0.2, 0) is 9.53 Å². The summed E-state index contributed by atoms with van der Waals surface area (Å²) in [4.78, 5) is 36.4. The number of esters is 1. The largest absolute Gasteiger partial charge is 0.450 e. The van der Waals surface area contributed by atoms with Crippen LogP contribution in [-0.4, -0.2) is 24.5 Å². The van der Waals surface area contributed by atoms with E-state index in [0.29, 0.717) is 16.9 Å². The molecule has 144 valence electrons. The first-order chi connectivity index (χ1) is 12.8. The van der Waals surface area contributed by atoms with Crippen molar-refractivity contribution in [1.82, 2.24) is 5.32 Å². The summed E-state index contributed by atoms with van der Waals surface area (Å²) in [5.41, 5.74) is -0.173. The average Bonchev–Trinajstić information content (AvgIpc) is 2.64. The normalized spacial score (nSPS) is 22.4.